The highest BCUT2D eigenvalue weighted by molar-refractivity contribution is 5.69. The maximum Gasteiger partial charge on any atom is 0.128 e. The van der Waals surface area contributed by atoms with E-state index in [-0.39, 0.29) is 5.82 Å². The molecule has 2 rings (SSSR count). The Balaban J connectivity index is 2.32. The van der Waals surface area contributed by atoms with Gasteiger partial charge < -0.3 is 10.6 Å². The molecule has 3 heteroatoms. The van der Waals surface area contributed by atoms with Crippen LogP contribution in [0.4, 0.5) is 15.8 Å². The van der Waals surface area contributed by atoms with Crippen molar-refractivity contribution in [2.24, 2.45) is 5.92 Å². The molecule has 0 aliphatic carbocycles. The Morgan fingerprint density at radius 3 is 2.80 bits per heavy atom. The van der Waals surface area contributed by atoms with E-state index in [2.05, 4.69) is 11.8 Å². The number of rotatable bonds is 1. The monoisotopic (exact) mass is 208 g/mol. The van der Waals surface area contributed by atoms with Gasteiger partial charge in [-0.05, 0) is 37.0 Å². The summed E-state index contributed by atoms with van der Waals surface area (Å²) in [7, 11) is 0. The van der Waals surface area contributed by atoms with Crippen molar-refractivity contribution in [2.75, 3.05) is 23.7 Å². The molecule has 1 aliphatic rings. The Hall–Kier alpha value is -1.25. The molecule has 2 N–H and O–H groups in total. The summed E-state index contributed by atoms with van der Waals surface area (Å²) >= 11 is 0. The van der Waals surface area contributed by atoms with Crippen LogP contribution in [0.15, 0.2) is 12.1 Å². The first-order valence-electron chi connectivity index (χ1n) is 5.38. The van der Waals surface area contributed by atoms with Gasteiger partial charge in [-0.1, -0.05) is 6.92 Å². The van der Waals surface area contributed by atoms with Gasteiger partial charge in [0.25, 0.3) is 0 Å². The van der Waals surface area contributed by atoms with E-state index in [0.717, 1.165) is 18.8 Å². The summed E-state index contributed by atoms with van der Waals surface area (Å²) in [4.78, 5) is 2.24. The number of nitrogens with two attached hydrogens (primary N) is 1. The highest BCUT2D eigenvalue weighted by atomic mass is 19.1. The van der Waals surface area contributed by atoms with Crippen LogP contribution in [0.25, 0.3) is 0 Å². The molecule has 0 amide bonds. The number of aryl methyl sites for hydroxylation is 1. The van der Waals surface area contributed by atoms with Gasteiger partial charge in [-0.2, -0.15) is 0 Å². The summed E-state index contributed by atoms with van der Waals surface area (Å²) in [5.74, 6) is 0.484. The molecule has 1 heterocycles. The highest BCUT2D eigenvalue weighted by Gasteiger charge is 2.21. The van der Waals surface area contributed by atoms with E-state index in [0.29, 0.717) is 17.2 Å². The average Bonchev–Trinajstić information content (AvgIpc) is 2.58. The number of hydrogen-bond donors (Lipinski definition) is 1. The molecule has 1 saturated heterocycles. The maximum absolute atomic E-state index is 13.2. The summed E-state index contributed by atoms with van der Waals surface area (Å²) in [6.45, 7) is 6.05. The van der Waals surface area contributed by atoms with E-state index in [1.165, 1.54) is 12.5 Å². The Kier molecular flexibility index (Phi) is 2.55. The lowest BCUT2D eigenvalue weighted by Gasteiger charge is -2.21. The minimum atomic E-state index is -0.219. The fraction of sp³-hybridized carbons (Fsp3) is 0.500. The molecule has 0 radical (unpaired) electrons. The van der Waals surface area contributed by atoms with E-state index < -0.39 is 0 Å². The Labute approximate surface area is 89.9 Å². The molecule has 15 heavy (non-hydrogen) atoms. The Morgan fingerprint density at radius 2 is 2.20 bits per heavy atom. The third kappa shape index (κ3) is 1.91. The molecule has 0 bridgehead atoms. The molecule has 1 aliphatic heterocycles. The zero-order chi connectivity index (χ0) is 11.0. The van der Waals surface area contributed by atoms with Gasteiger partial charge in [0.15, 0.2) is 0 Å². The summed E-state index contributed by atoms with van der Waals surface area (Å²) < 4.78 is 13.2. The van der Waals surface area contributed by atoms with Gasteiger partial charge in [-0.25, -0.2) is 4.39 Å². The highest BCUT2D eigenvalue weighted by Crippen LogP contribution is 2.30. The van der Waals surface area contributed by atoms with Crippen molar-refractivity contribution in [1.82, 2.24) is 0 Å². The molecule has 1 unspecified atom stereocenters. The third-order valence-electron chi connectivity index (χ3n) is 3.07. The second-order valence-electron chi connectivity index (χ2n) is 4.50. The van der Waals surface area contributed by atoms with Crippen molar-refractivity contribution in [1.29, 1.82) is 0 Å². The van der Waals surface area contributed by atoms with Crippen LogP contribution in [-0.4, -0.2) is 13.1 Å². The normalized spacial score (nSPS) is 21.0. The first kappa shape index (κ1) is 10.3. The van der Waals surface area contributed by atoms with E-state index in [9.17, 15) is 4.39 Å². The predicted octanol–water partition coefficient (Wildman–Crippen LogP) is 2.56. The van der Waals surface area contributed by atoms with Gasteiger partial charge in [0, 0.05) is 13.1 Å². The van der Waals surface area contributed by atoms with E-state index in [4.69, 9.17) is 5.73 Å². The number of nitrogen functional groups attached to an aromatic ring is 1. The minimum Gasteiger partial charge on any atom is -0.397 e. The van der Waals surface area contributed by atoms with Gasteiger partial charge in [-0.3, -0.25) is 0 Å². The van der Waals surface area contributed by atoms with Crippen molar-refractivity contribution < 1.29 is 4.39 Å². The van der Waals surface area contributed by atoms with E-state index >= 15 is 0 Å². The number of halogens is 1. The molecular weight excluding hydrogens is 191 g/mol. The molecule has 1 atom stereocenters. The van der Waals surface area contributed by atoms with Gasteiger partial charge in [0.1, 0.15) is 5.82 Å². The molecular formula is C12H17FN2. The molecule has 0 aromatic heterocycles. The van der Waals surface area contributed by atoms with Crippen LogP contribution in [0.5, 0.6) is 0 Å². The largest absolute Gasteiger partial charge is 0.397 e. The lowest BCUT2D eigenvalue weighted by atomic mass is 10.1. The molecule has 82 valence electrons. The zero-order valence-electron chi connectivity index (χ0n) is 9.26. The lowest BCUT2D eigenvalue weighted by Crippen LogP contribution is -2.20. The van der Waals surface area contributed by atoms with Gasteiger partial charge >= 0.3 is 0 Å². The predicted molar refractivity (Wildman–Crippen MR) is 61.5 cm³/mol. The molecule has 1 aromatic carbocycles. The molecule has 0 spiro atoms. The smallest absolute Gasteiger partial charge is 0.128 e. The fourth-order valence-corrected chi connectivity index (χ4v) is 2.11. The summed E-state index contributed by atoms with van der Waals surface area (Å²) in [5.41, 5.74) is 8.03. The van der Waals surface area contributed by atoms with Crippen molar-refractivity contribution in [3.05, 3.63) is 23.5 Å². The number of hydrogen-bond acceptors (Lipinski definition) is 2. The molecule has 0 saturated carbocycles. The molecule has 2 nitrogen and oxygen atoms in total. The quantitative estimate of drug-likeness (QED) is 0.719. The van der Waals surface area contributed by atoms with Crippen LogP contribution in [0.3, 0.4) is 0 Å². The SMILES string of the molecule is Cc1cc(N2CCC(C)C2)c(N)cc1F. The number of anilines is 2. The van der Waals surface area contributed by atoms with Crippen LogP contribution in [0, 0.1) is 18.7 Å². The summed E-state index contributed by atoms with van der Waals surface area (Å²) in [6.07, 6.45) is 1.19. The molecule has 1 fully saturated rings. The van der Waals surface area contributed by atoms with Gasteiger partial charge in [-0.15, -0.1) is 0 Å². The second kappa shape index (κ2) is 3.72. The van der Waals surface area contributed by atoms with Gasteiger partial charge in [0.05, 0.1) is 11.4 Å². The number of benzene rings is 1. The first-order chi connectivity index (χ1) is 7.08. The zero-order valence-corrected chi connectivity index (χ0v) is 9.26. The number of nitrogens with zero attached hydrogens (tertiary/aromatic N) is 1. The summed E-state index contributed by atoms with van der Waals surface area (Å²) in [5, 5.41) is 0. The maximum atomic E-state index is 13.2. The van der Waals surface area contributed by atoms with Crippen molar-refractivity contribution in [3.8, 4) is 0 Å². The van der Waals surface area contributed by atoms with Crippen LogP contribution in [-0.2, 0) is 0 Å². The standard InChI is InChI=1S/C12H17FN2/c1-8-3-4-15(7-8)12-5-9(2)10(13)6-11(12)14/h5-6,8H,3-4,7,14H2,1-2H3. The minimum absolute atomic E-state index is 0.219. The average molecular weight is 208 g/mol. The molecule has 1 aromatic rings. The first-order valence-corrected chi connectivity index (χ1v) is 5.38. The topological polar surface area (TPSA) is 29.3 Å². The van der Waals surface area contributed by atoms with Crippen molar-refractivity contribution >= 4 is 11.4 Å². The van der Waals surface area contributed by atoms with Crippen molar-refractivity contribution in [2.45, 2.75) is 20.3 Å². The van der Waals surface area contributed by atoms with Gasteiger partial charge in [0.2, 0.25) is 0 Å². The van der Waals surface area contributed by atoms with E-state index in [1.54, 1.807) is 6.92 Å². The summed E-state index contributed by atoms with van der Waals surface area (Å²) in [6, 6.07) is 3.27. The fourth-order valence-electron chi connectivity index (χ4n) is 2.11. The Morgan fingerprint density at radius 1 is 1.47 bits per heavy atom. The van der Waals surface area contributed by atoms with Crippen LogP contribution in [0.1, 0.15) is 18.9 Å². The van der Waals surface area contributed by atoms with Crippen LogP contribution in [0.2, 0.25) is 0 Å². The van der Waals surface area contributed by atoms with Crippen LogP contribution < -0.4 is 10.6 Å². The lowest BCUT2D eigenvalue weighted by molar-refractivity contribution is 0.619. The Bertz CT molecular complexity index is 376. The van der Waals surface area contributed by atoms with E-state index in [1.807, 2.05) is 6.07 Å². The van der Waals surface area contributed by atoms with Crippen LogP contribution >= 0.6 is 0 Å². The third-order valence-corrected chi connectivity index (χ3v) is 3.07. The van der Waals surface area contributed by atoms with Crippen molar-refractivity contribution in [3.63, 3.8) is 0 Å². The second-order valence-corrected chi connectivity index (χ2v) is 4.50.